The van der Waals surface area contributed by atoms with Crippen molar-refractivity contribution in [2.24, 2.45) is 12.0 Å². The van der Waals surface area contributed by atoms with E-state index in [0.717, 1.165) is 63.8 Å². The monoisotopic (exact) mass is 505 g/mol. The molecule has 1 aromatic rings. The van der Waals surface area contributed by atoms with Gasteiger partial charge >= 0.3 is 0 Å². The van der Waals surface area contributed by atoms with Gasteiger partial charge in [0.1, 0.15) is 6.54 Å². The minimum atomic E-state index is 0. The fourth-order valence-electron chi connectivity index (χ4n) is 3.27. The number of hydrogen-bond acceptors (Lipinski definition) is 4. The zero-order valence-electron chi connectivity index (χ0n) is 17.7. The second-order valence-corrected chi connectivity index (χ2v) is 6.81. The van der Waals surface area contributed by atoms with E-state index >= 15 is 0 Å². The number of aryl methyl sites for hydroxylation is 1. The molecule has 1 amide bonds. The van der Waals surface area contributed by atoms with Gasteiger partial charge in [0.05, 0.1) is 11.9 Å². The van der Waals surface area contributed by atoms with Crippen LogP contribution >= 0.6 is 24.0 Å². The molecule has 28 heavy (non-hydrogen) atoms. The molecule has 1 aliphatic heterocycles. The number of aromatic nitrogens is 2. The zero-order valence-corrected chi connectivity index (χ0v) is 20.1. The first-order chi connectivity index (χ1) is 13.1. The van der Waals surface area contributed by atoms with Crippen molar-refractivity contribution in [3.05, 3.63) is 12.4 Å². The van der Waals surface area contributed by atoms with Gasteiger partial charge in [-0.25, -0.2) is 0 Å². The van der Waals surface area contributed by atoms with Crippen molar-refractivity contribution in [1.82, 2.24) is 24.9 Å². The number of rotatable bonds is 9. The first-order valence-electron chi connectivity index (χ1n) is 10.1. The van der Waals surface area contributed by atoms with Gasteiger partial charge in [0.25, 0.3) is 0 Å². The van der Waals surface area contributed by atoms with Crippen LogP contribution in [0.2, 0.25) is 0 Å². The molecule has 0 bridgehead atoms. The van der Waals surface area contributed by atoms with E-state index in [1.54, 1.807) is 15.8 Å². The molecule has 0 spiro atoms. The van der Waals surface area contributed by atoms with Crippen molar-refractivity contribution >= 4 is 41.5 Å². The molecule has 2 heterocycles. The summed E-state index contributed by atoms with van der Waals surface area (Å²) in [6.07, 6.45) is 5.83. The molecule has 1 aliphatic rings. The lowest BCUT2D eigenvalue weighted by atomic mass is 10.3. The number of carbonyl (C=O) groups excluding carboxylic acids is 1. The van der Waals surface area contributed by atoms with Crippen LogP contribution in [0.15, 0.2) is 17.4 Å². The summed E-state index contributed by atoms with van der Waals surface area (Å²) in [5, 5.41) is 7.49. The minimum absolute atomic E-state index is 0. The summed E-state index contributed by atoms with van der Waals surface area (Å²) in [5.41, 5.74) is 0.862. The highest BCUT2D eigenvalue weighted by Gasteiger charge is 2.27. The maximum Gasteiger partial charge on any atom is 0.246 e. The number of nitrogens with zero attached hydrogens (tertiary/aromatic N) is 6. The molecular formula is C19H36IN7O. The lowest BCUT2D eigenvalue weighted by Crippen LogP contribution is -2.55. The maximum atomic E-state index is 12.6. The number of guanidine groups is 1. The van der Waals surface area contributed by atoms with Crippen molar-refractivity contribution < 1.29 is 4.79 Å². The number of amides is 1. The summed E-state index contributed by atoms with van der Waals surface area (Å²) in [6, 6.07) is 0. The molecule has 9 heteroatoms. The van der Waals surface area contributed by atoms with Crippen molar-refractivity contribution in [1.29, 1.82) is 0 Å². The Bertz CT molecular complexity index is 615. The molecule has 8 nitrogen and oxygen atoms in total. The predicted molar refractivity (Wildman–Crippen MR) is 126 cm³/mol. The summed E-state index contributed by atoms with van der Waals surface area (Å²) in [6.45, 7) is 13.2. The smallest absolute Gasteiger partial charge is 0.246 e. The summed E-state index contributed by atoms with van der Waals surface area (Å²) in [5.74, 6) is 0.931. The van der Waals surface area contributed by atoms with Crippen LogP contribution in [0, 0.1) is 0 Å². The Morgan fingerprint density at radius 1 is 1.25 bits per heavy atom. The highest BCUT2D eigenvalue weighted by Crippen LogP contribution is 2.16. The number of carbonyl (C=O) groups is 1. The molecule has 1 N–H and O–H groups in total. The standard InChI is InChI=1S/C19H35N7O.HI/c1-5-20-19(21-10-8-9-11-24(6-2)7-3)25-12-13-26(18(27)16-25)17-14-22-23(4)15-17;/h14-15H,5-13,16H2,1-4H3,(H,20,21);1H. The molecular weight excluding hydrogens is 469 g/mol. The van der Waals surface area contributed by atoms with Crippen molar-refractivity contribution in [2.75, 3.05) is 57.3 Å². The Kier molecular flexibility index (Phi) is 11.4. The van der Waals surface area contributed by atoms with E-state index in [9.17, 15) is 4.79 Å². The SMILES string of the molecule is CCNC(=NCCCCN(CC)CC)N1CCN(c2cnn(C)c2)C(=O)C1.I. The topological polar surface area (TPSA) is 69.0 Å². The Morgan fingerprint density at radius 2 is 2.00 bits per heavy atom. The molecule has 0 unspecified atom stereocenters. The first-order valence-corrected chi connectivity index (χ1v) is 10.1. The van der Waals surface area contributed by atoms with Gasteiger partial charge in [-0.1, -0.05) is 13.8 Å². The van der Waals surface area contributed by atoms with E-state index in [1.165, 1.54) is 0 Å². The quantitative estimate of drug-likeness (QED) is 0.240. The minimum Gasteiger partial charge on any atom is -0.357 e. The average molecular weight is 505 g/mol. The van der Waals surface area contributed by atoms with Crippen molar-refractivity contribution in [3.8, 4) is 0 Å². The number of hydrogen-bond donors (Lipinski definition) is 1. The van der Waals surface area contributed by atoms with Crippen LogP contribution in [0.3, 0.4) is 0 Å². The lowest BCUT2D eigenvalue weighted by molar-refractivity contribution is -0.120. The van der Waals surface area contributed by atoms with Gasteiger partial charge in [-0.2, -0.15) is 5.10 Å². The number of nitrogens with one attached hydrogen (secondary N) is 1. The summed E-state index contributed by atoms with van der Waals surface area (Å²) in [4.78, 5) is 23.6. The Hall–Kier alpha value is -1.36. The lowest BCUT2D eigenvalue weighted by Gasteiger charge is -2.35. The van der Waals surface area contributed by atoms with Gasteiger partial charge in [-0.3, -0.25) is 14.5 Å². The molecule has 0 atom stereocenters. The Balaban J connectivity index is 0.00000392. The molecule has 0 radical (unpaired) electrons. The molecule has 0 aliphatic carbocycles. The Labute approximate surface area is 186 Å². The fraction of sp³-hybridized carbons (Fsp3) is 0.737. The van der Waals surface area contributed by atoms with Crippen molar-refractivity contribution in [3.63, 3.8) is 0 Å². The summed E-state index contributed by atoms with van der Waals surface area (Å²) in [7, 11) is 1.86. The van der Waals surface area contributed by atoms with E-state index < -0.39 is 0 Å². The largest absolute Gasteiger partial charge is 0.357 e. The van der Waals surface area contributed by atoms with Gasteiger partial charge in [0.15, 0.2) is 5.96 Å². The average Bonchev–Trinajstić information content (AvgIpc) is 3.09. The highest BCUT2D eigenvalue weighted by molar-refractivity contribution is 14.0. The van der Waals surface area contributed by atoms with Gasteiger partial charge in [0.2, 0.25) is 5.91 Å². The third-order valence-corrected chi connectivity index (χ3v) is 4.90. The van der Waals surface area contributed by atoms with E-state index in [2.05, 4.69) is 41.0 Å². The van der Waals surface area contributed by atoms with Crippen molar-refractivity contribution in [2.45, 2.75) is 33.6 Å². The van der Waals surface area contributed by atoms with E-state index in [1.807, 2.05) is 13.2 Å². The molecule has 1 aromatic heterocycles. The molecule has 160 valence electrons. The highest BCUT2D eigenvalue weighted by atomic mass is 127. The number of aliphatic imine (C=N–C) groups is 1. The Morgan fingerprint density at radius 3 is 2.57 bits per heavy atom. The van der Waals surface area contributed by atoms with Gasteiger partial charge in [-0.15, -0.1) is 24.0 Å². The molecule has 0 aromatic carbocycles. The molecule has 2 rings (SSSR count). The van der Waals surface area contributed by atoms with Crippen LogP contribution in [0.4, 0.5) is 5.69 Å². The van der Waals surface area contributed by atoms with E-state index in [0.29, 0.717) is 13.1 Å². The van der Waals surface area contributed by atoms with E-state index in [-0.39, 0.29) is 29.9 Å². The number of anilines is 1. The number of unbranched alkanes of at least 4 members (excludes halogenated alkanes) is 1. The van der Waals surface area contributed by atoms with Gasteiger partial charge in [0, 0.05) is 39.4 Å². The van der Waals surface area contributed by atoms with Crippen LogP contribution < -0.4 is 10.2 Å². The third kappa shape index (κ3) is 7.23. The second-order valence-electron chi connectivity index (χ2n) is 6.81. The molecule has 0 saturated carbocycles. The van der Waals surface area contributed by atoms with Gasteiger partial charge in [-0.05, 0) is 39.4 Å². The summed E-state index contributed by atoms with van der Waals surface area (Å²) >= 11 is 0. The third-order valence-electron chi connectivity index (χ3n) is 4.90. The molecule has 1 saturated heterocycles. The van der Waals surface area contributed by atoms with Crippen LogP contribution in [-0.2, 0) is 11.8 Å². The second kappa shape index (κ2) is 13.0. The van der Waals surface area contributed by atoms with Crippen LogP contribution in [-0.4, -0.2) is 83.8 Å². The maximum absolute atomic E-state index is 12.6. The summed E-state index contributed by atoms with van der Waals surface area (Å²) < 4.78 is 1.72. The fourth-order valence-corrected chi connectivity index (χ4v) is 3.27. The van der Waals surface area contributed by atoms with Crippen LogP contribution in [0.5, 0.6) is 0 Å². The predicted octanol–water partition coefficient (Wildman–Crippen LogP) is 1.77. The number of halogens is 1. The van der Waals surface area contributed by atoms with Gasteiger partial charge < -0.3 is 20.0 Å². The first kappa shape index (κ1) is 24.7. The van der Waals surface area contributed by atoms with Crippen LogP contribution in [0.25, 0.3) is 0 Å². The number of piperazine rings is 1. The molecule has 1 fully saturated rings. The van der Waals surface area contributed by atoms with E-state index in [4.69, 9.17) is 4.99 Å². The normalized spacial score (nSPS) is 15.2. The van der Waals surface area contributed by atoms with Crippen LogP contribution in [0.1, 0.15) is 33.6 Å². The zero-order chi connectivity index (χ0) is 19.6.